The lowest BCUT2D eigenvalue weighted by atomic mass is 10.1. The second-order valence-corrected chi connectivity index (χ2v) is 4.91. The Bertz CT molecular complexity index is 624. The van der Waals surface area contributed by atoms with E-state index in [-0.39, 0.29) is 12.0 Å². The topological polar surface area (TPSA) is 92.4 Å². The first-order chi connectivity index (χ1) is 9.15. The Balaban J connectivity index is 1.81. The molecule has 7 heteroatoms. The third-order valence-electron chi connectivity index (χ3n) is 3.62. The van der Waals surface area contributed by atoms with E-state index < -0.39 is 5.97 Å². The summed E-state index contributed by atoms with van der Waals surface area (Å²) >= 11 is 0. The van der Waals surface area contributed by atoms with Gasteiger partial charge < -0.3 is 10.4 Å². The number of rotatable bonds is 3. The highest BCUT2D eigenvalue weighted by Gasteiger charge is 2.30. The van der Waals surface area contributed by atoms with Crippen molar-refractivity contribution in [2.75, 3.05) is 5.32 Å². The summed E-state index contributed by atoms with van der Waals surface area (Å²) in [5, 5.41) is 20.4. The Morgan fingerprint density at radius 2 is 2.32 bits per heavy atom. The lowest BCUT2D eigenvalue weighted by Gasteiger charge is -2.13. The average Bonchev–Trinajstić information content (AvgIpc) is 2.98. The summed E-state index contributed by atoms with van der Waals surface area (Å²) in [5.74, 6) is 0.500. The molecule has 19 heavy (non-hydrogen) atoms. The highest BCUT2D eigenvalue weighted by atomic mass is 16.4. The van der Waals surface area contributed by atoms with Gasteiger partial charge >= 0.3 is 5.97 Å². The van der Waals surface area contributed by atoms with Crippen molar-refractivity contribution in [3.63, 3.8) is 0 Å². The number of nitrogens with one attached hydrogen (secondary N) is 1. The Labute approximate surface area is 109 Å². The number of fused-ring (bicyclic) bond motifs is 1. The molecule has 3 rings (SSSR count). The fourth-order valence-electron chi connectivity index (χ4n) is 2.57. The number of nitrogens with zero attached hydrogens (tertiary/aromatic N) is 4. The van der Waals surface area contributed by atoms with E-state index in [1.807, 2.05) is 17.5 Å². The lowest BCUT2D eigenvalue weighted by molar-refractivity contribution is -0.141. The Hall–Kier alpha value is -2.18. The van der Waals surface area contributed by atoms with Crippen molar-refractivity contribution in [1.82, 2.24) is 19.6 Å². The lowest BCUT2D eigenvalue weighted by Crippen LogP contribution is -2.19. The van der Waals surface area contributed by atoms with Crippen LogP contribution in [-0.4, -0.2) is 36.7 Å². The first-order valence-electron chi connectivity index (χ1n) is 6.31. The van der Waals surface area contributed by atoms with Gasteiger partial charge in [-0.25, -0.2) is 4.98 Å². The van der Waals surface area contributed by atoms with E-state index in [0.29, 0.717) is 24.3 Å². The summed E-state index contributed by atoms with van der Waals surface area (Å²) in [5.41, 5.74) is 0.679. The molecule has 2 unspecified atom stereocenters. The van der Waals surface area contributed by atoms with Gasteiger partial charge in [-0.1, -0.05) is 0 Å². The van der Waals surface area contributed by atoms with Gasteiger partial charge in [0, 0.05) is 18.4 Å². The number of carboxylic acid groups (broad SMARTS) is 1. The minimum absolute atomic E-state index is 0.136. The Kier molecular flexibility index (Phi) is 2.81. The average molecular weight is 261 g/mol. The molecule has 0 bridgehead atoms. The number of aliphatic carboxylic acids is 1. The van der Waals surface area contributed by atoms with Gasteiger partial charge in [0.05, 0.1) is 5.92 Å². The van der Waals surface area contributed by atoms with Crippen LogP contribution < -0.4 is 5.32 Å². The van der Waals surface area contributed by atoms with Crippen LogP contribution in [0.25, 0.3) is 5.65 Å². The highest BCUT2D eigenvalue weighted by Crippen LogP contribution is 2.28. The summed E-state index contributed by atoms with van der Waals surface area (Å²) in [6, 6.07) is 0.136. The molecule has 2 atom stereocenters. The molecule has 2 aromatic heterocycles. The van der Waals surface area contributed by atoms with E-state index in [9.17, 15) is 4.79 Å². The quantitative estimate of drug-likeness (QED) is 0.859. The molecule has 2 heterocycles. The largest absolute Gasteiger partial charge is 0.481 e. The molecule has 2 N–H and O–H groups in total. The number of carbonyl (C=O) groups is 1. The first kappa shape index (κ1) is 11.9. The molecule has 100 valence electrons. The van der Waals surface area contributed by atoms with E-state index in [0.717, 1.165) is 12.2 Å². The van der Waals surface area contributed by atoms with Crippen molar-refractivity contribution in [2.45, 2.75) is 32.2 Å². The molecule has 0 radical (unpaired) electrons. The summed E-state index contributed by atoms with van der Waals surface area (Å²) < 4.78 is 1.86. The number of hydrogen-bond acceptors (Lipinski definition) is 5. The van der Waals surface area contributed by atoms with Gasteiger partial charge in [-0.15, -0.1) is 10.2 Å². The molecule has 1 aliphatic rings. The van der Waals surface area contributed by atoms with Crippen LogP contribution in [0.15, 0.2) is 12.4 Å². The van der Waals surface area contributed by atoms with Crippen molar-refractivity contribution < 1.29 is 9.90 Å². The smallest absolute Gasteiger partial charge is 0.306 e. The van der Waals surface area contributed by atoms with Gasteiger partial charge in [-0.2, -0.15) is 0 Å². The number of aromatic nitrogens is 4. The monoisotopic (exact) mass is 261 g/mol. The van der Waals surface area contributed by atoms with Crippen LogP contribution in [-0.2, 0) is 4.79 Å². The molecule has 1 aliphatic carbocycles. The zero-order valence-corrected chi connectivity index (χ0v) is 10.6. The van der Waals surface area contributed by atoms with Crippen molar-refractivity contribution in [3.05, 3.63) is 18.2 Å². The predicted molar refractivity (Wildman–Crippen MR) is 67.9 cm³/mol. The van der Waals surface area contributed by atoms with Crippen molar-refractivity contribution in [1.29, 1.82) is 0 Å². The van der Waals surface area contributed by atoms with Gasteiger partial charge in [0.15, 0.2) is 5.82 Å². The van der Waals surface area contributed by atoms with E-state index in [1.165, 1.54) is 0 Å². The zero-order valence-electron chi connectivity index (χ0n) is 10.6. The number of anilines is 1. The minimum Gasteiger partial charge on any atom is -0.481 e. The standard InChI is InChI=1S/C12H15N5O2/c1-7-15-16-11-10(13-4-5-17(7)11)14-9-3-2-8(6-9)12(18)19/h4-5,8-9H,2-3,6H2,1H3,(H,13,14)(H,18,19). The maximum atomic E-state index is 10.9. The summed E-state index contributed by atoms with van der Waals surface area (Å²) in [6.45, 7) is 1.87. The molecular formula is C12H15N5O2. The van der Waals surface area contributed by atoms with Crippen molar-refractivity contribution in [2.24, 2.45) is 5.92 Å². The van der Waals surface area contributed by atoms with Gasteiger partial charge in [-0.05, 0) is 26.2 Å². The summed E-state index contributed by atoms with van der Waals surface area (Å²) in [4.78, 5) is 15.2. The molecule has 0 saturated heterocycles. The molecule has 0 aromatic carbocycles. The second kappa shape index (κ2) is 4.49. The molecule has 2 aromatic rings. The van der Waals surface area contributed by atoms with Crippen LogP contribution in [0, 0.1) is 12.8 Å². The third kappa shape index (κ3) is 2.11. The molecule has 0 amide bonds. The van der Waals surface area contributed by atoms with E-state index in [4.69, 9.17) is 5.11 Å². The fourth-order valence-corrected chi connectivity index (χ4v) is 2.57. The Morgan fingerprint density at radius 1 is 1.47 bits per heavy atom. The third-order valence-corrected chi connectivity index (χ3v) is 3.62. The maximum Gasteiger partial charge on any atom is 0.306 e. The minimum atomic E-state index is -0.714. The van der Waals surface area contributed by atoms with Crippen LogP contribution in [0.3, 0.4) is 0 Å². The van der Waals surface area contributed by atoms with Crippen LogP contribution >= 0.6 is 0 Å². The predicted octanol–water partition coefficient (Wildman–Crippen LogP) is 1.10. The van der Waals surface area contributed by atoms with Gasteiger partial charge in [0.2, 0.25) is 5.65 Å². The Morgan fingerprint density at radius 3 is 3.05 bits per heavy atom. The first-order valence-corrected chi connectivity index (χ1v) is 6.31. The molecule has 7 nitrogen and oxygen atoms in total. The van der Waals surface area contributed by atoms with Crippen molar-refractivity contribution in [3.8, 4) is 0 Å². The molecule has 0 spiro atoms. The summed E-state index contributed by atoms with van der Waals surface area (Å²) in [7, 11) is 0. The molecule has 1 fully saturated rings. The molecule has 0 aliphatic heterocycles. The van der Waals surface area contributed by atoms with Crippen LogP contribution in [0.5, 0.6) is 0 Å². The number of carboxylic acids is 1. The van der Waals surface area contributed by atoms with Crippen LogP contribution in [0.2, 0.25) is 0 Å². The normalized spacial score (nSPS) is 22.8. The van der Waals surface area contributed by atoms with E-state index in [2.05, 4.69) is 20.5 Å². The van der Waals surface area contributed by atoms with Crippen LogP contribution in [0.4, 0.5) is 5.82 Å². The molecular weight excluding hydrogens is 246 g/mol. The highest BCUT2D eigenvalue weighted by molar-refractivity contribution is 5.71. The van der Waals surface area contributed by atoms with Gasteiger partial charge in [0.1, 0.15) is 5.82 Å². The van der Waals surface area contributed by atoms with Gasteiger partial charge in [-0.3, -0.25) is 9.20 Å². The van der Waals surface area contributed by atoms with Crippen LogP contribution in [0.1, 0.15) is 25.1 Å². The molecule has 1 saturated carbocycles. The number of hydrogen-bond donors (Lipinski definition) is 2. The summed E-state index contributed by atoms with van der Waals surface area (Å²) in [6.07, 6.45) is 5.68. The van der Waals surface area contributed by atoms with E-state index >= 15 is 0 Å². The number of aryl methyl sites for hydroxylation is 1. The maximum absolute atomic E-state index is 10.9. The SMILES string of the molecule is Cc1nnc2c(NC3CCC(C(=O)O)C3)nccn12. The zero-order chi connectivity index (χ0) is 13.4. The van der Waals surface area contributed by atoms with Crippen molar-refractivity contribution >= 4 is 17.4 Å². The fraction of sp³-hybridized carbons (Fsp3) is 0.500. The van der Waals surface area contributed by atoms with Gasteiger partial charge in [0.25, 0.3) is 0 Å². The van der Waals surface area contributed by atoms with E-state index in [1.54, 1.807) is 6.20 Å². The second-order valence-electron chi connectivity index (χ2n) is 4.91.